The lowest BCUT2D eigenvalue weighted by Gasteiger charge is -2.42. The number of hydrogen-bond acceptors (Lipinski definition) is 5. The van der Waals surface area contributed by atoms with Gasteiger partial charge in [0.25, 0.3) is 5.69 Å². The highest BCUT2D eigenvalue weighted by Gasteiger charge is 2.31. The summed E-state index contributed by atoms with van der Waals surface area (Å²) in [6.07, 6.45) is 15.8. The largest absolute Gasteiger partial charge is 0.494 e. The number of aldehydes is 1. The first-order valence-electron chi connectivity index (χ1n) is 12.3. The summed E-state index contributed by atoms with van der Waals surface area (Å²) in [5.74, 6) is 0.783. The zero-order valence-electron chi connectivity index (χ0n) is 19.0. The van der Waals surface area contributed by atoms with E-state index in [1.807, 2.05) is 0 Å². The van der Waals surface area contributed by atoms with E-state index >= 15 is 0 Å². The van der Waals surface area contributed by atoms with E-state index in [1.165, 1.54) is 56.7 Å². The van der Waals surface area contributed by atoms with Crippen LogP contribution in [0.5, 0.6) is 5.75 Å². The lowest BCUT2D eigenvalue weighted by Crippen LogP contribution is -2.48. The molecule has 0 saturated heterocycles. The van der Waals surface area contributed by atoms with Gasteiger partial charge in [0, 0.05) is 24.6 Å². The van der Waals surface area contributed by atoms with Gasteiger partial charge in [0.2, 0.25) is 5.91 Å². The van der Waals surface area contributed by atoms with Crippen molar-refractivity contribution in [1.82, 2.24) is 4.90 Å². The van der Waals surface area contributed by atoms with Crippen LogP contribution in [0.1, 0.15) is 100 Å². The molecule has 2 fully saturated rings. The van der Waals surface area contributed by atoms with Crippen molar-refractivity contribution in [3.63, 3.8) is 0 Å². The molecule has 7 heteroatoms. The van der Waals surface area contributed by atoms with Crippen molar-refractivity contribution in [3.8, 4) is 5.75 Å². The lowest BCUT2D eigenvalue weighted by molar-refractivity contribution is -0.385. The molecule has 0 unspecified atom stereocenters. The van der Waals surface area contributed by atoms with Crippen LogP contribution in [0.2, 0.25) is 0 Å². The Labute approximate surface area is 190 Å². The SMILES string of the molecule is O=Cc1cc(OCCCCCC(=O)N(C2CCCCC2)C2CCCCC2)ccc1[N+](=O)[O-]. The maximum atomic E-state index is 13.2. The number of nitro groups is 1. The standard InChI is InChI=1S/C25H36N2O5/c28-19-20-18-23(15-16-24(20)27(30)31)32-17-9-3-8-14-25(29)26(21-10-4-1-5-11-21)22-12-6-2-7-13-22/h15-16,18-19,21-22H,1-14,17H2. The minimum absolute atomic E-state index is 0.0172. The average Bonchev–Trinajstić information content (AvgIpc) is 2.82. The molecule has 2 saturated carbocycles. The van der Waals surface area contributed by atoms with Gasteiger partial charge in [-0.15, -0.1) is 0 Å². The molecule has 0 aliphatic heterocycles. The molecule has 0 spiro atoms. The summed E-state index contributed by atoms with van der Waals surface area (Å²) in [5.41, 5.74) is -0.199. The molecule has 0 aromatic heterocycles. The van der Waals surface area contributed by atoms with Gasteiger partial charge < -0.3 is 9.64 Å². The molecule has 1 aromatic carbocycles. The van der Waals surface area contributed by atoms with Crippen LogP contribution in [0, 0.1) is 10.1 Å². The molecule has 0 heterocycles. The number of carbonyl (C=O) groups excluding carboxylic acids is 2. The van der Waals surface area contributed by atoms with Gasteiger partial charge in [-0.05, 0) is 57.1 Å². The molecule has 0 N–H and O–H groups in total. The van der Waals surface area contributed by atoms with Crippen LogP contribution in [0.4, 0.5) is 5.69 Å². The Balaban J connectivity index is 1.42. The van der Waals surface area contributed by atoms with Gasteiger partial charge >= 0.3 is 0 Å². The van der Waals surface area contributed by atoms with Gasteiger partial charge in [-0.25, -0.2) is 0 Å². The van der Waals surface area contributed by atoms with E-state index in [9.17, 15) is 19.7 Å². The highest BCUT2D eigenvalue weighted by molar-refractivity contribution is 5.82. The molecule has 0 radical (unpaired) electrons. The molecule has 1 aromatic rings. The molecule has 0 atom stereocenters. The van der Waals surface area contributed by atoms with Crippen LogP contribution >= 0.6 is 0 Å². The number of rotatable bonds is 11. The number of hydrogen-bond donors (Lipinski definition) is 0. The van der Waals surface area contributed by atoms with Gasteiger partial charge in [-0.2, -0.15) is 0 Å². The summed E-state index contributed by atoms with van der Waals surface area (Å²) in [6, 6.07) is 5.10. The molecule has 2 aliphatic carbocycles. The van der Waals surface area contributed by atoms with E-state index in [4.69, 9.17) is 4.74 Å². The first-order chi connectivity index (χ1) is 15.6. The number of nitrogens with zero attached hydrogens (tertiary/aromatic N) is 2. The molecule has 0 bridgehead atoms. The van der Waals surface area contributed by atoms with Crippen LogP contribution in [0.3, 0.4) is 0 Å². The monoisotopic (exact) mass is 444 g/mol. The topological polar surface area (TPSA) is 89.8 Å². The molecular formula is C25H36N2O5. The molecule has 176 valence electrons. The summed E-state index contributed by atoms with van der Waals surface area (Å²) < 4.78 is 5.65. The Kier molecular flexibility index (Phi) is 9.50. The van der Waals surface area contributed by atoms with Crippen molar-refractivity contribution < 1.29 is 19.2 Å². The molecule has 3 rings (SSSR count). The summed E-state index contributed by atoms with van der Waals surface area (Å²) in [5, 5.41) is 10.9. The first-order valence-corrected chi connectivity index (χ1v) is 12.3. The number of amides is 1. The third-order valence-corrected chi connectivity index (χ3v) is 6.85. The highest BCUT2D eigenvalue weighted by Crippen LogP contribution is 2.31. The van der Waals surface area contributed by atoms with Gasteiger partial charge in [-0.1, -0.05) is 38.5 Å². The van der Waals surface area contributed by atoms with Crippen LogP contribution in [-0.4, -0.2) is 40.7 Å². The minimum atomic E-state index is -0.575. The lowest BCUT2D eigenvalue weighted by atomic mass is 9.88. The van der Waals surface area contributed by atoms with E-state index in [1.54, 1.807) is 0 Å². The number of ether oxygens (including phenoxy) is 1. The Morgan fingerprint density at radius 1 is 1.00 bits per heavy atom. The zero-order valence-corrected chi connectivity index (χ0v) is 19.0. The fourth-order valence-corrected chi connectivity index (χ4v) is 5.18. The third-order valence-electron chi connectivity index (χ3n) is 6.85. The molecule has 1 amide bonds. The number of unbranched alkanes of at least 4 members (excludes halogenated alkanes) is 2. The van der Waals surface area contributed by atoms with Crippen LogP contribution in [0.15, 0.2) is 18.2 Å². The summed E-state index contributed by atoms with van der Waals surface area (Å²) >= 11 is 0. The van der Waals surface area contributed by atoms with Gasteiger partial charge in [-0.3, -0.25) is 19.7 Å². The van der Waals surface area contributed by atoms with Crippen molar-refractivity contribution in [2.24, 2.45) is 0 Å². The van der Waals surface area contributed by atoms with E-state index in [2.05, 4.69) is 4.90 Å². The third kappa shape index (κ3) is 6.78. The quantitative estimate of drug-likeness (QED) is 0.185. The molecule has 32 heavy (non-hydrogen) atoms. The molecular weight excluding hydrogens is 408 g/mol. The van der Waals surface area contributed by atoms with Crippen LogP contribution in [-0.2, 0) is 4.79 Å². The Morgan fingerprint density at radius 3 is 2.19 bits per heavy atom. The normalized spacial score (nSPS) is 17.6. The Morgan fingerprint density at radius 2 is 1.62 bits per heavy atom. The maximum Gasteiger partial charge on any atom is 0.280 e. The van der Waals surface area contributed by atoms with Gasteiger partial charge in [0.15, 0.2) is 6.29 Å². The van der Waals surface area contributed by atoms with E-state index in [-0.39, 0.29) is 11.3 Å². The number of nitro benzene ring substituents is 1. The summed E-state index contributed by atoms with van der Waals surface area (Å²) in [4.78, 5) is 36.8. The summed E-state index contributed by atoms with van der Waals surface area (Å²) in [7, 11) is 0. The molecule has 2 aliphatic rings. The average molecular weight is 445 g/mol. The van der Waals surface area contributed by atoms with Gasteiger partial charge in [0.1, 0.15) is 5.75 Å². The fraction of sp³-hybridized carbons (Fsp3) is 0.680. The van der Waals surface area contributed by atoms with Crippen molar-refractivity contribution in [1.29, 1.82) is 0 Å². The van der Waals surface area contributed by atoms with Crippen LogP contribution in [0.25, 0.3) is 0 Å². The second-order valence-electron chi connectivity index (χ2n) is 9.14. The van der Waals surface area contributed by atoms with Crippen molar-refractivity contribution in [3.05, 3.63) is 33.9 Å². The van der Waals surface area contributed by atoms with Crippen molar-refractivity contribution in [2.45, 2.75) is 102 Å². The fourth-order valence-electron chi connectivity index (χ4n) is 5.18. The van der Waals surface area contributed by atoms with Gasteiger partial charge in [0.05, 0.1) is 17.1 Å². The van der Waals surface area contributed by atoms with Crippen LogP contribution < -0.4 is 4.74 Å². The van der Waals surface area contributed by atoms with E-state index < -0.39 is 4.92 Å². The smallest absolute Gasteiger partial charge is 0.280 e. The molecule has 7 nitrogen and oxygen atoms in total. The highest BCUT2D eigenvalue weighted by atomic mass is 16.6. The minimum Gasteiger partial charge on any atom is -0.494 e. The van der Waals surface area contributed by atoms with E-state index in [0.717, 1.165) is 44.9 Å². The Hall–Kier alpha value is -2.44. The van der Waals surface area contributed by atoms with Crippen molar-refractivity contribution in [2.75, 3.05) is 6.61 Å². The predicted molar refractivity (Wildman–Crippen MR) is 123 cm³/mol. The first kappa shape index (κ1) is 24.2. The zero-order chi connectivity index (χ0) is 22.8. The predicted octanol–water partition coefficient (Wildman–Crippen LogP) is 5.84. The van der Waals surface area contributed by atoms with E-state index in [0.29, 0.717) is 43.1 Å². The second-order valence-corrected chi connectivity index (χ2v) is 9.14. The Bertz CT molecular complexity index is 752. The number of benzene rings is 1. The maximum absolute atomic E-state index is 13.2. The van der Waals surface area contributed by atoms with Crippen molar-refractivity contribution >= 4 is 17.9 Å². The number of carbonyl (C=O) groups is 2. The second kappa shape index (κ2) is 12.6. The summed E-state index contributed by atoms with van der Waals surface area (Å²) in [6.45, 7) is 0.458.